The Kier molecular flexibility index (Phi) is 13.8. The van der Waals surface area contributed by atoms with Gasteiger partial charge in [-0.2, -0.15) is 0 Å². The minimum absolute atomic E-state index is 0.0353. The van der Waals surface area contributed by atoms with Gasteiger partial charge in [0.1, 0.15) is 23.8 Å². The fraction of sp³-hybridized carbons (Fsp3) is 0.191. The molecule has 63 heavy (non-hydrogen) atoms. The monoisotopic (exact) mass is 990 g/mol. The zero-order chi connectivity index (χ0) is 43.9. The number of nitrogens with zero attached hydrogens (tertiary/aromatic N) is 3. The molecule has 0 fully saturated rings. The number of fused-ring (bicyclic) bond motifs is 1. The summed E-state index contributed by atoms with van der Waals surface area (Å²) in [4.78, 5) is 53.7. The van der Waals surface area contributed by atoms with Crippen LogP contribution in [0.1, 0.15) is 48.6 Å². The number of carbonyl (C=O) groups excluding carboxylic acids is 3. The number of ether oxygens (including phenoxy) is 1. The highest BCUT2D eigenvalue weighted by atomic mass is 79.9. The number of aromatic nitrogens is 4. The molecule has 3 heterocycles. The van der Waals surface area contributed by atoms with Crippen LogP contribution in [0.2, 0.25) is 0 Å². The van der Waals surface area contributed by atoms with Crippen molar-refractivity contribution in [2.75, 3.05) is 19.7 Å². The average molecular weight is 993 g/mol. The summed E-state index contributed by atoms with van der Waals surface area (Å²) in [5, 5.41) is 19.6. The van der Waals surface area contributed by atoms with Crippen molar-refractivity contribution in [3.8, 4) is 0 Å². The first kappa shape index (κ1) is 44.0. The molecule has 322 valence electrons. The van der Waals surface area contributed by atoms with Crippen molar-refractivity contribution in [2.45, 2.75) is 25.3 Å². The maximum Gasteiger partial charge on any atom is 0.267 e. The minimum Gasteiger partial charge on any atom is -0.395 e. The second kappa shape index (κ2) is 19.8. The summed E-state index contributed by atoms with van der Waals surface area (Å²) in [5.74, 6) is -3.41. The van der Waals surface area contributed by atoms with Crippen LogP contribution in [0.25, 0.3) is 0 Å². The number of benzene rings is 4. The Bertz CT molecular complexity index is 2640. The molecule has 0 saturated heterocycles. The lowest BCUT2D eigenvalue weighted by molar-refractivity contribution is 0.0572. The van der Waals surface area contributed by atoms with Gasteiger partial charge in [0.2, 0.25) is 5.95 Å². The molecule has 0 radical (unpaired) electrons. The number of H-pyrrole nitrogens is 2. The summed E-state index contributed by atoms with van der Waals surface area (Å²) in [7, 11) is -2.95. The van der Waals surface area contributed by atoms with E-state index in [-0.39, 0.29) is 43.9 Å². The highest BCUT2D eigenvalue weighted by molar-refractivity contribution is 9.10. The van der Waals surface area contributed by atoms with E-state index >= 15 is 4.79 Å². The first-order chi connectivity index (χ1) is 30.7. The molecule has 1 aliphatic rings. The third-order valence-electron chi connectivity index (χ3n) is 11.2. The molecular weight excluding hydrogens is 947 g/mol. The summed E-state index contributed by atoms with van der Waals surface area (Å²) in [5.41, 5.74) is 8.94. The Morgan fingerprint density at radius 3 is 1.76 bits per heavy atom. The lowest BCUT2D eigenvalue weighted by atomic mass is 9.68. The molecule has 2 amide bonds. The summed E-state index contributed by atoms with van der Waals surface area (Å²) in [6.07, 6.45) is 3.29. The molecule has 4 atom stereocenters. The van der Waals surface area contributed by atoms with Crippen LogP contribution in [0.3, 0.4) is 0 Å². The number of aliphatic hydroxyl groups is 1. The summed E-state index contributed by atoms with van der Waals surface area (Å²) in [6.45, 7) is -0.492. The summed E-state index contributed by atoms with van der Waals surface area (Å²) < 4.78 is 15.3. The highest BCUT2D eigenvalue weighted by Gasteiger charge is 2.48. The SMILES string of the molecule is N[C@H](CO)[C@@H]1c2nc(N=P(c3ccccc3)(c3ccccc3)c3ccccc3)n(COCc3ccccc3)c2C(=O)[C@@H](CNC(=O)c2cc(Br)c[nH]2)[C@H]1CNC(=O)c1cc(Br)c[nH]1. The molecular formula is C47H45Br2N8O5P. The Hall–Kier alpha value is -5.67. The third kappa shape index (κ3) is 9.35. The fourth-order valence-electron chi connectivity index (χ4n) is 8.24. The second-order valence-corrected chi connectivity index (χ2v) is 20.0. The van der Waals surface area contributed by atoms with E-state index in [0.717, 1.165) is 21.5 Å². The van der Waals surface area contributed by atoms with Gasteiger partial charge in [-0.05, 0) is 55.5 Å². The smallest absolute Gasteiger partial charge is 0.267 e. The Labute approximate surface area is 381 Å². The van der Waals surface area contributed by atoms with E-state index in [1.165, 1.54) is 0 Å². The van der Waals surface area contributed by atoms with Gasteiger partial charge in [-0.25, -0.2) is 9.73 Å². The molecule has 7 aromatic rings. The molecule has 0 saturated carbocycles. The number of nitrogens with two attached hydrogens (primary N) is 1. The number of hydrogen-bond acceptors (Lipinski definition) is 8. The Balaban J connectivity index is 1.33. The van der Waals surface area contributed by atoms with Gasteiger partial charge < -0.3 is 36.2 Å². The summed E-state index contributed by atoms with van der Waals surface area (Å²) in [6, 6.07) is 42.3. The van der Waals surface area contributed by atoms with E-state index in [1.54, 1.807) is 29.1 Å². The van der Waals surface area contributed by atoms with E-state index in [0.29, 0.717) is 26.0 Å². The number of aromatic amines is 2. The molecule has 0 aliphatic heterocycles. The van der Waals surface area contributed by atoms with Gasteiger partial charge in [0.15, 0.2) is 5.78 Å². The van der Waals surface area contributed by atoms with Crippen molar-refractivity contribution < 1.29 is 24.2 Å². The van der Waals surface area contributed by atoms with Gasteiger partial charge in [0.25, 0.3) is 11.8 Å². The van der Waals surface area contributed by atoms with Gasteiger partial charge in [-0.15, -0.1) is 0 Å². The number of nitrogens with one attached hydrogen (secondary N) is 4. The van der Waals surface area contributed by atoms with Gasteiger partial charge in [0.05, 0.1) is 26.0 Å². The zero-order valence-corrected chi connectivity index (χ0v) is 38.0. The lowest BCUT2D eigenvalue weighted by Crippen LogP contribution is -2.52. The van der Waals surface area contributed by atoms with Crippen molar-refractivity contribution in [1.29, 1.82) is 0 Å². The number of aliphatic hydroxyl groups excluding tert-OH is 1. The van der Waals surface area contributed by atoms with Crippen LogP contribution in [0.5, 0.6) is 0 Å². The topological polar surface area (TPSA) is 193 Å². The minimum atomic E-state index is -2.95. The molecule has 0 bridgehead atoms. The maximum absolute atomic E-state index is 15.5. The molecule has 3 aromatic heterocycles. The summed E-state index contributed by atoms with van der Waals surface area (Å²) >= 11 is 6.77. The molecule has 8 rings (SSSR count). The quantitative estimate of drug-likeness (QED) is 0.0578. The van der Waals surface area contributed by atoms with Crippen LogP contribution in [0.15, 0.2) is 160 Å². The first-order valence-corrected chi connectivity index (χ1v) is 23.7. The molecule has 16 heteroatoms. The molecule has 0 unspecified atom stereocenters. The average Bonchev–Trinajstić information content (AvgIpc) is 4.06. The van der Waals surface area contributed by atoms with Crippen LogP contribution in [0.4, 0.5) is 5.95 Å². The predicted molar refractivity (Wildman–Crippen MR) is 251 cm³/mol. The van der Waals surface area contributed by atoms with Crippen molar-refractivity contribution in [3.63, 3.8) is 0 Å². The van der Waals surface area contributed by atoms with Gasteiger partial charge in [-0.1, -0.05) is 121 Å². The maximum atomic E-state index is 15.5. The van der Waals surface area contributed by atoms with E-state index in [2.05, 4.69) is 88.9 Å². The van der Waals surface area contributed by atoms with Crippen LogP contribution in [-0.4, -0.2) is 68.0 Å². The van der Waals surface area contributed by atoms with E-state index < -0.39 is 49.3 Å². The van der Waals surface area contributed by atoms with Crippen LogP contribution in [0, 0.1) is 11.8 Å². The molecule has 13 nitrogen and oxygen atoms in total. The normalized spacial score (nSPS) is 16.6. The van der Waals surface area contributed by atoms with Gasteiger partial charge >= 0.3 is 0 Å². The number of hydrogen-bond donors (Lipinski definition) is 6. The lowest BCUT2D eigenvalue weighted by Gasteiger charge is -2.39. The Morgan fingerprint density at radius 2 is 1.29 bits per heavy atom. The predicted octanol–water partition coefficient (Wildman–Crippen LogP) is 6.74. The zero-order valence-electron chi connectivity index (χ0n) is 33.9. The second-order valence-electron chi connectivity index (χ2n) is 15.2. The molecule has 0 spiro atoms. The van der Waals surface area contributed by atoms with Gasteiger partial charge in [-0.3, -0.25) is 19.0 Å². The van der Waals surface area contributed by atoms with Crippen LogP contribution < -0.4 is 32.3 Å². The van der Waals surface area contributed by atoms with E-state index in [1.807, 2.05) is 84.9 Å². The molecule has 7 N–H and O–H groups in total. The number of amides is 2. The molecule has 1 aliphatic carbocycles. The van der Waals surface area contributed by atoms with Crippen molar-refractivity contribution in [2.24, 2.45) is 22.3 Å². The number of carbonyl (C=O) groups is 3. The van der Waals surface area contributed by atoms with Gasteiger partial charge in [0, 0.05) is 68.2 Å². The first-order valence-electron chi connectivity index (χ1n) is 20.3. The van der Waals surface area contributed by atoms with E-state index in [9.17, 15) is 14.7 Å². The number of imidazole rings is 1. The number of halogens is 2. The number of Topliss-reactive ketones (excluding diaryl/α,β-unsaturated/α-hetero) is 1. The van der Waals surface area contributed by atoms with E-state index in [4.69, 9.17) is 20.2 Å². The largest absolute Gasteiger partial charge is 0.395 e. The molecule has 4 aromatic carbocycles. The highest BCUT2D eigenvalue weighted by Crippen LogP contribution is 2.51. The van der Waals surface area contributed by atoms with Crippen molar-refractivity contribution in [1.82, 2.24) is 30.2 Å². The third-order valence-corrected chi connectivity index (χ3v) is 15.8. The van der Waals surface area contributed by atoms with Crippen LogP contribution >= 0.6 is 38.9 Å². The van der Waals surface area contributed by atoms with Crippen LogP contribution in [-0.2, 0) is 18.1 Å². The Morgan fingerprint density at radius 1 is 0.794 bits per heavy atom. The fourth-order valence-corrected chi connectivity index (χ4v) is 12.4. The van der Waals surface area contributed by atoms with Crippen molar-refractivity contribution in [3.05, 3.63) is 183 Å². The number of ketones is 1. The standard InChI is InChI=1S/C47H45Br2N8O5P/c48-31-21-39(51-23-31)45(60)53-25-36-37(26-54-46(61)40-22-32(49)24-52-40)44(59)43-42(41(36)38(50)27-58)55-47(57(43)29-62-28-30-13-5-1-6-14-30)56-63(33-15-7-2-8-16-33,34-17-9-3-10-18-34)35-19-11-4-12-20-35/h1-24,36-38,41,51-52,58H,25-29,50H2,(H,53,60)(H,54,61)/t36-,37+,38-,41-/m1/s1. The number of rotatable bonds is 16. The van der Waals surface area contributed by atoms with Crippen molar-refractivity contribution >= 4 is 78.4 Å².